The molecule has 90 valence electrons. The molecule has 1 aliphatic carbocycles. The van der Waals surface area contributed by atoms with Gasteiger partial charge in [-0.2, -0.15) is 0 Å². The number of hydrogen-bond acceptors (Lipinski definition) is 0. The third-order valence-corrected chi connectivity index (χ3v) is 4.09. The minimum atomic E-state index is 0.129. The van der Waals surface area contributed by atoms with Crippen LogP contribution in [0.4, 0.5) is 0 Å². The van der Waals surface area contributed by atoms with E-state index in [1.165, 1.54) is 16.7 Å². The Bertz CT molecular complexity index is 576. The van der Waals surface area contributed by atoms with E-state index in [4.69, 9.17) is 0 Å². The van der Waals surface area contributed by atoms with Gasteiger partial charge < -0.3 is 0 Å². The van der Waals surface area contributed by atoms with E-state index in [1.54, 1.807) is 0 Å². The highest BCUT2D eigenvalue weighted by Crippen LogP contribution is 2.44. The molecule has 0 nitrogen and oxygen atoms in total. The molecule has 0 aliphatic heterocycles. The first-order chi connectivity index (χ1) is 8.69. The molecular formula is C18H18. The van der Waals surface area contributed by atoms with Gasteiger partial charge in [0.2, 0.25) is 0 Å². The van der Waals surface area contributed by atoms with Gasteiger partial charge in [-0.15, -0.1) is 0 Å². The summed E-state index contributed by atoms with van der Waals surface area (Å²) in [5, 5.41) is 0. The van der Waals surface area contributed by atoms with Gasteiger partial charge in [0, 0.05) is 11.3 Å². The summed E-state index contributed by atoms with van der Waals surface area (Å²) in [6.45, 7) is 4.67. The van der Waals surface area contributed by atoms with Crippen molar-refractivity contribution in [2.75, 3.05) is 0 Å². The largest absolute Gasteiger partial charge is 0.0755 e. The van der Waals surface area contributed by atoms with Crippen molar-refractivity contribution < 1.29 is 0 Å². The summed E-state index contributed by atoms with van der Waals surface area (Å²) >= 11 is 0. The number of allylic oxidation sites excluding steroid dienone is 1. The van der Waals surface area contributed by atoms with Gasteiger partial charge in [0.05, 0.1) is 0 Å². The molecule has 0 spiro atoms. The maximum absolute atomic E-state index is 2.34. The molecule has 0 N–H and O–H groups in total. The normalized spacial score (nSPS) is 17.8. The maximum atomic E-state index is 2.34. The molecule has 0 saturated heterocycles. The molecule has 0 aromatic heterocycles. The fraction of sp³-hybridized carbons (Fsp3) is 0.222. The molecule has 1 unspecified atom stereocenters. The van der Waals surface area contributed by atoms with Gasteiger partial charge in [-0.1, -0.05) is 80.6 Å². The molecule has 0 saturated carbocycles. The molecule has 0 fully saturated rings. The van der Waals surface area contributed by atoms with Crippen LogP contribution in [0.1, 0.15) is 36.5 Å². The summed E-state index contributed by atoms with van der Waals surface area (Å²) in [6.07, 6.45) is 4.60. The lowest BCUT2D eigenvalue weighted by Gasteiger charge is -2.32. The van der Waals surface area contributed by atoms with Gasteiger partial charge in [0.1, 0.15) is 0 Å². The van der Waals surface area contributed by atoms with E-state index in [1.807, 2.05) is 0 Å². The summed E-state index contributed by atoms with van der Waals surface area (Å²) < 4.78 is 0. The first-order valence-corrected chi connectivity index (χ1v) is 6.52. The van der Waals surface area contributed by atoms with Crippen LogP contribution in [0.2, 0.25) is 0 Å². The van der Waals surface area contributed by atoms with Crippen LogP contribution in [0.5, 0.6) is 0 Å². The molecule has 3 rings (SSSR count). The zero-order chi connectivity index (χ0) is 12.6. The van der Waals surface area contributed by atoms with Crippen molar-refractivity contribution in [2.45, 2.75) is 25.2 Å². The highest BCUT2D eigenvalue weighted by Gasteiger charge is 2.33. The van der Waals surface area contributed by atoms with Crippen molar-refractivity contribution in [1.82, 2.24) is 0 Å². The van der Waals surface area contributed by atoms with E-state index in [9.17, 15) is 0 Å². The number of benzene rings is 2. The summed E-state index contributed by atoms with van der Waals surface area (Å²) in [4.78, 5) is 0. The van der Waals surface area contributed by atoms with Gasteiger partial charge in [-0.05, 0) is 16.7 Å². The van der Waals surface area contributed by atoms with Crippen LogP contribution in [0.25, 0.3) is 6.08 Å². The molecule has 1 atom stereocenters. The summed E-state index contributed by atoms with van der Waals surface area (Å²) in [6, 6.07) is 19.5. The molecule has 18 heavy (non-hydrogen) atoms. The number of rotatable bonds is 2. The molecular weight excluding hydrogens is 216 g/mol. The molecule has 1 aliphatic rings. The third-order valence-electron chi connectivity index (χ3n) is 4.09. The summed E-state index contributed by atoms with van der Waals surface area (Å²) in [7, 11) is 0. The van der Waals surface area contributed by atoms with Crippen LogP contribution in [0.15, 0.2) is 60.7 Å². The monoisotopic (exact) mass is 234 g/mol. The fourth-order valence-electron chi connectivity index (χ4n) is 2.93. The van der Waals surface area contributed by atoms with Crippen molar-refractivity contribution in [3.8, 4) is 0 Å². The van der Waals surface area contributed by atoms with E-state index in [0.717, 1.165) is 0 Å². The zero-order valence-electron chi connectivity index (χ0n) is 10.9. The number of hydrogen-bond donors (Lipinski definition) is 0. The van der Waals surface area contributed by atoms with Crippen LogP contribution in [-0.4, -0.2) is 0 Å². The standard InChI is InChI=1S/C18H18/c1-18(2,15-9-4-3-5-10-15)17-13-12-14-8-6-7-11-16(14)17/h3-13,17H,1-2H3. The van der Waals surface area contributed by atoms with Gasteiger partial charge in [0.15, 0.2) is 0 Å². The Hall–Kier alpha value is -1.82. The van der Waals surface area contributed by atoms with E-state index in [2.05, 4.69) is 80.6 Å². The molecule has 0 bridgehead atoms. The summed E-state index contributed by atoms with van der Waals surface area (Å²) in [5.41, 5.74) is 4.35. The minimum absolute atomic E-state index is 0.129. The molecule has 0 amide bonds. The van der Waals surface area contributed by atoms with E-state index in [-0.39, 0.29) is 5.41 Å². The molecule has 2 aromatic carbocycles. The van der Waals surface area contributed by atoms with Crippen molar-refractivity contribution in [3.63, 3.8) is 0 Å². The van der Waals surface area contributed by atoms with E-state index in [0.29, 0.717) is 5.92 Å². The van der Waals surface area contributed by atoms with Crippen molar-refractivity contribution in [2.24, 2.45) is 0 Å². The quantitative estimate of drug-likeness (QED) is 0.701. The Morgan fingerprint density at radius 2 is 1.50 bits per heavy atom. The Labute approximate surface area is 109 Å². The lowest BCUT2D eigenvalue weighted by molar-refractivity contribution is 0.473. The minimum Gasteiger partial charge on any atom is -0.0755 e. The highest BCUT2D eigenvalue weighted by molar-refractivity contribution is 5.64. The maximum Gasteiger partial charge on any atom is 0.0119 e. The second-order valence-corrected chi connectivity index (χ2v) is 5.55. The SMILES string of the molecule is CC(C)(c1ccccc1)C1C=Cc2ccccc21. The second kappa shape index (κ2) is 4.13. The summed E-state index contributed by atoms with van der Waals surface area (Å²) in [5.74, 6) is 0.469. The topological polar surface area (TPSA) is 0 Å². The Kier molecular flexibility index (Phi) is 2.59. The number of fused-ring (bicyclic) bond motifs is 1. The van der Waals surface area contributed by atoms with Crippen LogP contribution < -0.4 is 0 Å². The molecule has 0 heterocycles. The van der Waals surface area contributed by atoms with Crippen LogP contribution in [0.3, 0.4) is 0 Å². The predicted octanol–water partition coefficient (Wildman–Crippen LogP) is 4.77. The van der Waals surface area contributed by atoms with Crippen molar-refractivity contribution >= 4 is 6.08 Å². The average molecular weight is 234 g/mol. The van der Waals surface area contributed by atoms with Crippen LogP contribution in [0, 0.1) is 0 Å². The van der Waals surface area contributed by atoms with Crippen LogP contribution in [-0.2, 0) is 5.41 Å². The van der Waals surface area contributed by atoms with Gasteiger partial charge in [0.25, 0.3) is 0 Å². The lowest BCUT2D eigenvalue weighted by atomic mass is 9.71. The molecule has 0 heteroatoms. The second-order valence-electron chi connectivity index (χ2n) is 5.55. The third kappa shape index (κ3) is 1.69. The fourth-order valence-corrected chi connectivity index (χ4v) is 2.93. The van der Waals surface area contributed by atoms with Crippen molar-refractivity contribution in [3.05, 3.63) is 77.4 Å². The predicted molar refractivity (Wildman–Crippen MR) is 77.7 cm³/mol. The Morgan fingerprint density at radius 1 is 0.833 bits per heavy atom. The van der Waals surface area contributed by atoms with Gasteiger partial charge >= 0.3 is 0 Å². The Morgan fingerprint density at radius 3 is 2.28 bits per heavy atom. The zero-order valence-corrected chi connectivity index (χ0v) is 10.9. The van der Waals surface area contributed by atoms with Crippen LogP contribution >= 0.6 is 0 Å². The first-order valence-electron chi connectivity index (χ1n) is 6.52. The van der Waals surface area contributed by atoms with E-state index >= 15 is 0 Å². The van der Waals surface area contributed by atoms with Gasteiger partial charge in [-0.3, -0.25) is 0 Å². The van der Waals surface area contributed by atoms with Gasteiger partial charge in [-0.25, -0.2) is 0 Å². The lowest BCUT2D eigenvalue weighted by Crippen LogP contribution is -2.24. The van der Waals surface area contributed by atoms with E-state index < -0.39 is 0 Å². The smallest absolute Gasteiger partial charge is 0.0119 e. The Balaban J connectivity index is 2.05. The molecule has 2 aromatic rings. The molecule has 0 radical (unpaired) electrons. The highest BCUT2D eigenvalue weighted by atomic mass is 14.4. The first kappa shape index (κ1) is 11.3. The average Bonchev–Trinajstić information content (AvgIpc) is 2.84. The van der Waals surface area contributed by atoms with Crippen molar-refractivity contribution in [1.29, 1.82) is 0 Å².